The average Bonchev–Trinajstić information content (AvgIpc) is 2.26. The average molecular weight is 323 g/mol. The van der Waals surface area contributed by atoms with Gasteiger partial charge in [-0.1, -0.05) is 23.2 Å². The Kier molecular flexibility index (Phi) is 4.14. The number of sulfonamides is 1. The molecule has 0 spiro atoms. The van der Waals surface area contributed by atoms with E-state index in [9.17, 15) is 8.42 Å². The van der Waals surface area contributed by atoms with Crippen molar-refractivity contribution in [3.05, 3.63) is 28.2 Å². The van der Waals surface area contributed by atoms with Crippen LogP contribution in [0.1, 0.15) is 13.8 Å². The standard InChI is InChI=1S/C12H16Cl2N2O2S/c1-12(2)8-16(4-3-15-12)19(17,18)11-6-9(13)5-10(14)7-11/h5-7,15H,3-4,8H2,1-2H3. The maximum Gasteiger partial charge on any atom is 0.243 e. The van der Waals surface area contributed by atoms with E-state index in [1.54, 1.807) is 0 Å². The van der Waals surface area contributed by atoms with Crippen LogP contribution in [0.2, 0.25) is 10.0 Å². The van der Waals surface area contributed by atoms with E-state index >= 15 is 0 Å². The lowest BCUT2D eigenvalue weighted by Crippen LogP contribution is -2.58. The van der Waals surface area contributed by atoms with Gasteiger partial charge in [-0.05, 0) is 32.0 Å². The first-order valence-electron chi connectivity index (χ1n) is 5.92. The molecule has 7 heteroatoms. The Morgan fingerprint density at radius 3 is 2.32 bits per heavy atom. The predicted octanol–water partition coefficient (Wildman–Crippen LogP) is 2.37. The number of piperazine rings is 1. The quantitative estimate of drug-likeness (QED) is 0.909. The minimum atomic E-state index is -3.55. The summed E-state index contributed by atoms with van der Waals surface area (Å²) in [6.45, 7) is 5.43. The molecule has 0 unspecified atom stereocenters. The molecular weight excluding hydrogens is 307 g/mol. The summed E-state index contributed by atoms with van der Waals surface area (Å²) in [4.78, 5) is 0.141. The van der Waals surface area contributed by atoms with E-state index in [0.29, 0.717) is 29.7 Å². The van der Waals surface area contributed by atoms with Gasteiger partial charge in [-0.2, -0.15) is 4.31 Å². The van der Waals surface area contributed by atoms with Gasteiger partial charge in [-0.3, -0.25) is 0 Å². The van der Waals surface area contributed by atoms with Crippen LogP contribution in [-0.2, 0) is 10.0 Å². The maximum atomic E-state index is 12.6. The Morgan fingerprint density at radius 2 is 1.79 bits per heavy atom. The van der Waals surface area contributed by atoms with Crippen LogP contribution in [0.5, 0.6) is 0 Å². The highest BCUT2D eigenvalue weighted by atomic mass is 35.5. The molecule has 2 rings (SSSR count). The topological polar surface area (TPSA) is 49.4 Å². The molecule has 0 saturated carbocycles. The van der Waals surface area contributed by atoms with Crippen molar-refractivity contribution < 1.29 is 8.42 Å². The van der Waals surface area contributed by atoms with E-state index in [4.69, 9.17) is 23.2 Å². The van der Waals surface area contributed by atoms with Gasteiger partial charge in [0.05, 0.1) is 4.90 Å². The van der Waals surface area contributed by atoms with Crippen LogP contribution < -0.4 is 5.32 Å². The molecule has 4 nitrogen and oxygen atoms in total. The molecule has 0 radical (unpaired) electrons. The molecule has 19 heavy (non-hydrogen) atoms. The second-order valence-corrected chi connectivity index (χ2v) is 8.07. The molecule has 1 aliphatic rings. The van der Waals surface area contributed by atoms with E-state index in [1.165, 1.54) is 22.5 Å². The summed E-state index contributed by atoms with van der Waals surface area (Å²) in [6, 6.07) is 4.37. The first-order chi connectivity index (χ1) is 8.71. The fourth-order valence-electron chi connectivity index (χ4n) is 2.13. The minimum absolute atomic E-state index is 0.141. The number of rotatable bonds is 2. The Morgan fingerprint density at radius 1 is 1.21 bits per heavy atom. The number of benzene rings is 1. The van der Waals surface area contributed by atoms with Crippen molar-refractivity contribution in [1.82, 2.24) is 9.62 Å². The van der Waals surface area contributed by atoms with Gasteiger partial charge >= 0.3 is 0 Å². The van der Waals surface area contributed by atoms with Gasteiger partial charge in [0.1, 0.15) is 0 Å². The van der Waals surface area contributed by atoms with E-state index in [2.05, 4.69) is 5.32 Å². The number of nitrogens with zero attached hydrogens (tertiary/aromatic N) is 1. The van der Waals surface area contributed by atoms with Gasteiger partial charge in [-0.15, -0.1) is 0 Å². The third-order valence-electron chi connectivity index (χ3n) is 3.01. The normalized spacial score (nSPS) is 20.4. The summed E-state index contributed by atoms with van der Waals surface area (Å²) in [5.74, 6) is 0. The number of hydrogen-bond acceptors (Lipinski definition) is 3. The molecule has 1 heterocycles. The largest absolute Gasteiger partial charge is 0.309 e. The molecule has 0 aromatic heterocycles. The molecular formula is C12H16Cl2N2O2S. The van der Waals surface area contributed by atoms with Crippen LogP contribution in [0.3, 0.4) is 0 Å². The van der Waals surface area contributed by atoms with Crippen LogP contribution in [0.4, 0.5) is 0 Å². The van der Waals surface area contributed by atoms with Crippen LogP contribution >= 0.6 is 23.2 Å². The summed E-state index contributed by atoms with van der Waals surface area (Å²) in [7, 11) is -3.55. The van der Waals surface area contributed by atoms with Gasteiger partial charge < -0.3 is 5.32 Å². The van der Waals surface area contributed by atoms with Crippen LogP contribution in [0.15, 0.2) is 23.1 Å². The lowest BCUT2D eigenvalue weighted by Gasteiger charge is -2.38. The zero-order valence-electron chi connectivity index (χ0n) is 10.8. The number of nitrogens with one attached hydrogen (secondary N) is 1. The number of halogens is 2. The van der Waals surface area contributed by atoms with E-state index in [-0.39, 0.29) is 10.4 Å². The third kappa shape index (κ3) is 3.41. The second kappa shape index (κ2) is 5.22. The fourth-order valence-corrected chi connectivity index (χ4v) is 4.46. The van der Waals surface area contributed by atoms with Crippen LogP contribution in [-0.4, -0.2) is 37.9 Å². The monoisotopic (exact) mass is 322 g/mol. The van der Waals surface area contributed by atoms with Crippen molar-refractivity contribution in [3.63, 3.8) is 0 Å². The highest BCUT2D eigenvalue weighted by molar-refractivity contribution is 7.89. The van der Waals surface area contributed by atoms with Gasteiger partial charge in [0, 0.05) is 35.2 Å². The first kappa shape index (κ1) is 15.1. The van der Waals surface area contributed by atoms with Crippen molar-refractivity contribution in [2.24, 2.45) is 0 Å². The zero-order chi connectivity index (χ0) is 14.3. The zero-order valence-corrected chi connectivity index (χ0v) is 13.1. The predicted molar refractivity (Wildman–Crippen MR) is 77.3 cm³/mol. The van der Waals surface area contributed by atoms with Crippen molar-refractivity contribution in [2.45, 2.75) is 24.3 Å². The second-order valence-electron chi connectivity index (χ2n) is 5.25. The SMILES string of the molecule is CC1(C)CN(S(=O)(=O)c2cc(Cl)cc(Cl)c2)CCN1. The smallest absolute Gasteiger partial charge is 0.243 e. The summed E-state index contributed by atoms with van der Waals surface area (Å²) in [5, 5.41) is 3.92. The summed E-state index contributed by atoms with van der Waals surface area (Å²) in [6.07, 6.45) is 0. The van der Waals surface area contributed by atoms with Crippen LogP contribution in [0, 0.1) is 0 Å². The molecule has 106 valence electrons. The van der Waals surface area contributed by atoms with Crippen molar-refractivity contribution >= 4 is 33.2 Å². The summed E-state index contributed by atoms with van der Waals surface area (Å²) >= 11 is 11.7. The lowest BCUT2D eigenvalue weighted by molar-refractivity contribution is 0.233. The summed E-state index contributed by atoms with van der Waals surface area (Å²) in [5.41, 5.74) is -0.242. The molecule has 1 aliphatic heterocycles. The minimum Gasteiger partial charge on any atom is -0.309 e. The van der Waals surface area contributed by atoms with Crippen LogP contribution in [0.25, 0.3) is 0 Å². The van der Waals surface area contributed by atoms with Crippen molar-refractivity contribution in [3.8, 4) is 0 Å². The van der Waals surface area contributed by atoms with Gasteiger partial charge in [-0.25, -0.2) is 8.42 Å². The molecule has 0 atom stereocenters. The Hall–Kier alpha value is -0.330. The van der Waals surface area contributed by atoms with Crippen molar-refractivity contribution in [1.29, 1.82) is 0 Å². The molecule has 1 saturated heterocycles. The molecule has 0 bridgehead atoms. The fraction of sp³-hybridized carbons (Fsp3) is 0.500. The molecule has 1 N–H and O–H groups in total. The molecule has 1 fully saturated rings. The van der Waals surface area contributed by atoms with E-state index in [0.717, 1.165) is 0 Å². The molecule has 1 aromatic carbocycles. The van der Waals surface area contributed by atoms with Crippen molar-refractivity contribution in [2.75, 3.05) is 19.6 Å². The molecule has 1 aromatic rings. The van der Waals surface area contributed by atoms with Gasteiger partial charge in [0.25, 0.3) is 0 Å². The first-order valence-corrected chi connectivity index (χ1v) is 8.12. The Labute approximate surface area is 123 Å². The molecule has 0 amide bonds. The highest BCUT2D eigenvalue weighted by Crippen LogP contribution is 2.26. The highest BCUT2D eigenvalue weighted by Gasteiger charge is 2.33. The Balaban J connectivity index is 2.36. The third-order valence-corrected chi connectivity index (χ3v) is 5.27. The maximum absolute atomic E-state index is 12.6. The van der Waals surface area contributed by atoms with Gasteiger partial charge in [0.2, 0.25) is 10.0 Å². The lowest BCUT2D eigenvalue weighted by atomic mass is 10.0. The van der Waals surface area contributed by atoms with Gasteiger partial charge in [0.15, 0.2) is 0 Å². The van der Waals surface area contributed by atoms with E-state index in [1.807, 2.05) is 13.8 Å². The van der Waals surface area contributed by atoms with E-state index < -0.39 is 10.0 Å². The summed E-state index contributed by atoms with van der Waals surface area (Å²) < 4.78 is 26.6. The molecule has 0 aliphatic carbocycles. The number of hydrogen-bond donors (Lipinski definition) is 1. The Bertz CT molecular complexity index is 567.